The van der Waals surface area contributed by atoms with Crippen LogP contribution in [0.3, 0.4) is 0 Å². The summed E-state index contributed by atoms with van der Waals surface area (Å²) < 4.78 is 17.6. The van der Waals surface area contributed by atoms with Crippen LogP contribution >= 0.6 is 0 Å². The van der Waals surface area contributed by atoms with Crippen LogP contribution < -0.4 is 0 Å². The molecule has 8 atom stereocenters. The molecule has 0 radical (unpaired) electrons. The van der Waals surface area contributed by atoms with Crippen molar-refractivity contribution in [3.63, 3.8) is 0 Å². The van der Waals surface area contributed by atoms with E-state index in [2.05, 4.69) is 6.92 Å². The number of carbonyl (C=O) groups excluding carboxylic acids is 2. The molecule has 2 saturated heterocycles. The Kier molecular flexibility index (Phi) is 2.83. The lowest BCUT2D eigenvalue weighted by atomic mass is 9.47. The fourth-order valence-electron chi connectivity index (χ4n) is 6.47. The molecular formula is C19H24O6. The van der Waals surface area contributed by atoms with E-state index in [1.54, 1.807) is 6.08 Å². The fraction of sp³-hybridized carbons (Fsp3) is 0.789. The average molecular weight is 348 g/mol. The summed E-state index contributed by atoms with van der Waals surface area (Å²) in [5, 5.41) is 9.66. The Balaban J connectivity index is 1.69. The number of esters is 2. The maximum Gasteiger partial charge on any atom is 0.331 e. The predicted molar refractivity (Wildman–Crippen MR) is 85.3 cm³/mol. The van der Waals surface area contributed by atoms with Gasteiger partial charge < -0.3 is 19.3 Å². The van der Waals surface area contributed by atoms with Gasteiger partial charge in [-0.05, 0) is 30.8 Å². The molecule has 2 aliphatic carbocycles. The second-order valence-corrected chi connectivity index (χ2v) is 8.94. The molecule has 0 amide bonds. The molecular weight excluding hydrogens is 324 g/mol. The van der Waals surface area contributed by atoms with E-state index in [4.69, 9.17) is 14.2 Å². The number of hydrogen-bond acceptors (Lipinski definition) is 6. The zero-order valence-electron chi connectivity index (χ0n) is 14.8. The third-order valence-corrected chi connectivity index (χ3v) is 7.56. The van der Waals surface area contributed by atoms with Gasteiger partial charge in [0.2, 0.25) is 0 Å². The minimum atomic E-state index is -0.741. The van der Waals surface area contributed by atoms with E-state index in [-0.39, 0.29) is 48.0 Å². The van der Waals surface area contributed by atoms with Crippen LogP contribution in [0.2, 0.25) is 0 Å². The molecule has 0 aromatic carbocycles. The van der Waals surface area contributed by atoms with Crippen molar-refractivity contribution in [3.8, 4) is 0 Å². The van der Waals surface area contributed by atoms with Gasteiger partial charge in [0.05, 0.1) is 5.41 Å². The monoisotopic (exact) mass is 348 g/mol. The largest absolute Gasteiger partial charge is 0.459 e. The highest BCUT2D eigenvalue weighted by Crippen LogP contribution is 2.72. The standard InChI is InChI=1S/C19H24O6/c1-9(8-20)14-19-10(7-11(21)23-14)17(2)5-4-6-18(3)13(17)12(15(19)25-19)24-16(18)22/h7,9,12-15,20H,4-6,8H2,1-3H3. The van der Waals surface area contributed by atoms with Crippen molar-refractivity contribution in [2.45, 2.75) is 63.9 Å². The van der Waals surface area contributed by atoms with Crippen LogP contribution in [0.5, 0.6) is 0 Å². The van der Waals surface area contributed by atoms with Crippen molar-refractivity contribution >= 4 is 11.9 Å². The Morgan fingerprint density at radius 2 is 1.96 bits per heavy atom. The fourth-order valence-corrected chi connectivity index (χ4v) is 6.47. The molecule has 1 spiro atoms. The number of epoxide rings is 1. The van der Waals surface area contributed by atoms with E-state index >= 15 is 0 Å². The smallest absolute Gasteiger partial charge is 0.331 e. The van der Waals surface area contributed by atoms with Crippen molar-refractivity contribution in [3.05, 3.63) is 11.6 Å². The lowest BCUT2D eigenvalue weighted by Gasteiger charge is -2.54. The maximum absolute atomic E-state index is 12.7. The summed E-state index contributed by atoms with van der Waals surface area (Å²) in [7, 11) is 0. The van der Waals surface area contributed by atoms with Gasteiger partial charge >= 0.3 is 11.9 Å². The van der Waals surface area contributed by atoms with Gasteiger partial charge in [-0.1, -0.05) is 20.3 Å². The number of ether oxygens (including phenoxy) is 3. The van der Waals surface area contributed by atoms with Gasteiger partial charge in [-0.15, -0.1) is 0 Å². The number of aliphatic hydroxyl groups excluding tert-OH is 1. The van der Waals surface area contributed by atoms with E-state index in [0.29, 0.717) is 0 Å². The van der Waals surface area contributed by atoms with Gasteiger partial charge in [-0.3, -0.25) is 4.79 Å². The van der Waals surface area contributed by atoms with Gasteiger partial charge in [0.25, 0.3) is 0 Å². The second kappa shape index (κ2) is 4.46. The van der Waals surface area contributed by atoms with Crippen LogP contribution in [0, 0.1) is 22.7 Å². The lowest BCUT2D eigenvalue weighted by molar-refractivity contribution is -0.155. The zero-order valence-corrected chi connectivity index (χ0v) is 14.8. The van der Waals surface area contributed by atoms with E-state index in [1.165, 1.54) is 0 Å². The van der Waals surface area contributed by atoms with E-state index < -0.39 is 17.1 Å². The first-order chi connectivity index (χ1) is 11.8. The summed E-state index contributed by atoms with van der Waals surface area (Å²) in [6, 6.07) is 0. The Hall–Kier alpha value is -1.40. The van der Waals surface area contributed by atoms with Crippen molar-refractivity contribution in [1.82, 2.24) is 0 Å². The van der Waals surface area contributed by atoms with Crippen LogP contribution in [0.1, 0.15) is 40.0 Å². The first-order valence-corrected chi connectivity index (χ1v) is 9.22. The van der Waals surface area contributed by atoms with Gasteiger partial charge in [0.1, 0.15) is 18.3 Å². The molecule has 3 heterocycles. The van der Waals surface area contributed by atoms with E-state index in [1.807, 2.05) is 13.8 Å². The molecule has 5 rings (SSSR count). The molecule has 6 heteroatoms. The number of cyclic esters (lactones) is 1. The van der Waals surface area contributed by atoms with Crippen LogP contribution in [0.15, 0.2) is 11.6 Å². The minimum absolute atomic E-state index is 0.0177. The van der Waals surface area contributed by atoms with Gasteiger partial charge in [-0.2, -0.15) is 0 Å². The van der Waals surface area contributed by atoms with Crippen LogP contribution in [0.25, 0.3) is 0 Å². The molecule has 0 bridgehead atoms. The number of fused-ring (bicyclic) bond motifs is 2. The molecule has 8 unspecified atom stereocenters. The maximum atomic E-state index is 12.7. The Morgan fingerprint density at radius 3 is 2.68 bits per heavy atom. The predicted octanol–water partition coefficient (Wildman–Crippen LogP) is 1.36. The first kappa shape index (κ1) is 15.8. The Morgan fingerprint density at radius 1 is 1.24 bits per heavy atom. The summed E-state index contributed by atoms with van der Waals surface area (Å²) in [4.78, 5) is 25.0. The molecule has 6 nitrogen and oxygen atoms in total. The number of hydrogen-bond donors (Lipinski definition) is 1. The SMILES string of the molecule is CC(CO)C1OC(=O)C=C2C3(C)CCCC4(C)C(=O)OC(C43)C3OC213. The molecule has 4 fully saturated rings. The Labute approximate surface area is 146 Å². The first-order valence-electron chi connectivity index (χ1n) is 9.22. The lowest BCUT2D eigenvalue weighted by Crippen LogP contribution is -2.60. The molecule has 2 saturated carbocycles. The van der Waals surface area contributed by atoms with Crippen molar-refractivity contribution < 1.29 is 28.9 Å². The summed E-state index contributed by atoms with van der Waals surface area (Å²) in [6.07, 6.45) is 3.09. The van der Waals surface area contributed by atoms with E-state index in [0.717, 1.165) is 24.8 Å². The van der Waals surface area contributed by atoms with Crippen molar-refractivity contribution in [2.24, 2.45) is 22.7 Å². The highest BCUT2D eigenvalue weighted by atomic mass is 16.7. The highest BCUT2D eigenvalue weighted by molar-refractivity contribution is 5.87. The summed E-state index contributed by atoms with van der Waals surface area (Å²) in [5.41, 5.74) is -0.633. The van der Waals surface area contributed by atoms with E-state index in [9.17, 15) is 14.7 Å². The zero-order chi connectivity index (χ0) is 17.8. The average Bonchev–Trinajstić information content (AvgIpc) is 3.23. The second-order valence-electron chi connectivity index (χ2n) is 8.94. The molecule has 5 aliphatic rings. The summed E-state index contributed by atoms with van der Waals surface area (Å²) in [5.74, 6) is -0.747. The molecule has 0 aromatic heterocycles. The third-order valence-electron chi connectivity index (χ3n) is 7.56. The van der Waals surface area contributed by atoms with Crippen LogP contribution in [0.4, 0.5) is 0 Å². The van der Waals surface area contributed by atoms with Crippen molar-refractivity contribution in [1.29, 1.82) is 0 Å². The summed E-state index contributed by atoms with van der Waals surface area (Å²) >= 11 is 0. The molecule has 25 heavy (non-hydrogen) atoms. The van der Waals surface area contributed by atoms with Gasteiger partial charge in [-0.25, -0.2) is 4.79 Å². The van der Waals surface area contributed by atoms with Crippen LogP contribution in [-0.4, -0.2) is 47.6 Å². The number of aliphatic hydroxyl groups is 1. The normalized spacial score (nSPS) is 53.7. The van der Waals surface area contributed by atoms with Crippen molar-refractivity contribution in [2.75, 3.05) is 6.61 Å². The molecule has 0 aromatic rings. The van der Waals surface area contributed by atoms with Gasteiger partial charge in [0.15, 0.2) is 5.60 Å². The summed E-state index contributed by atoms with van der Waals surface area (Å²) in [6.45, 7) is 5.91. The Bertz CT molecular complexity index is 715. The molecule has 3 aliphatic heterocycles. The molecule has 136 valence electrons. The van der Waals surface area contributed by atoms with Gasteiger partial charge in [0, 0.05) is 24.5 Å². The number of rotatable bonds is 2. The highest BCUT2D eigenvalue weighted by Gasteiger charge is 2.83. The topological polar surface area (TPSA) is 85.4 Å². The third kappa shape index (κ3) is 1.59. The number of carbonyl (C=O) groups is 2. The molecule has 1 N–H and O–H groups in total. The quantitative estimate of drug-likeness (QED) is 0.599. The minimum Gasteiger partial charge on any atom is -0.459 e. The van der Waals surface area contributed by atoms with Crippen LogP contribution in [-0.2, 0) is 23.8 Å².